The fourth-order valence-corrected chi connectivity index (χ4v) is 10.2. The zero-order valence-electron chi connectivity index (χ0n) is 45.1. The first-order valence-corrected chi connectivity index (χ1v) is 28.6. The van der Waals surface area contributed by atoms with Crippen LogP contribution in [0.25, 0.3) is 0 Å². The Kier molecular flexibility index (Phi) is 34.4. The molecule has 0 saturated heterocycles. The molecule has 0 fully saturated rings. The Balaban J connectivity index is 0.000000559. The number of rotatable bonds is 33. The lowest BCUT2D eigenvalue weighted by atomic mass is 9.66. The molecule has 3 aromatic carbocycles. The molecular weight excluding hydrogens is 886 g/mol. The van der Waals surface area contributed by atoms with Gasteiger partial charge >= 0.3 is 0 Å². The van der Waals surface area contributed by atoms with Gasteiger partial charge in [0.1, 0.15) is 0 Å². The van der Waals surface area contributed by atoms with Crippen LogP contribution in [0.4, 0.5) is 0 Å². The van der Waals surface area contributed by atoms with E-state index in [-0.39, 0.29) is 6.32 Å². The van der Waals surface area contributed by atoms with Crippen molar-refractivity contribution in [2.75, 3.05) is 52.4 Å². The van der Waals surface area contributed by atoms with E-state index in [1.165, 1.54) is 164 Å². The van der Waals surface area contributed by atoms with E-state index in [0.29, 0.717) is 21.5 Å². The van der Waals surface area contributed by atoms with Crippen molar-refractivity contribution < 1.29 is 19.0 Å². The first kappa shape index (κ1) is 63.5. The van der Waals surface area contributed by atoms with E-state index in [1.807, 2.05) is 57.2 Å². The van der Waals surface area contributed by atoms with Crippen molar-refractivity contribution in [2.45, 2.75) is 216 Å². The summed E-state index contributed by atoms with van der Waals surface area (Å²) in [6.07, 6.45) is 25.3. The molecular formula is C59H100BCl3N2O2. The zero-order chi connectivity index (χ0) is 50.1. The number of quaternary nitrogens is 2. The molecule has 3 rings (SSSR count). The topological polar surface area (TPSA) is 46.1 Å². The van der Waals surface area contributed by atoms with E-state index in [0.717, 1.165) is 52.6 Å². The SMILES string of the molecule is CCCC[N+](CCCC)(CCCC)CCCC.CCCC[N+](CCCC)(CCCC)CCCC.Cc1ccc(C(CCCCCB([O-])[O-])(c2ccc(C)c(Cl)c2)c2ccc(C)c(Cl)c2)cc1Cl. The number of aryl methyl sites for hydroxylation is 3. The van der Waals surface area contributed by atoms with Crippen LogP contribution >= 0.6 is 34.8 Å². The van der Waals surface area contributed by atoms with E-state index < -0.39 is 12.5 Å². The van der Waals surface area contributed by atoms with Crippen LogP contribution in [0, 0.1) is 20.8 Å². The van der Waals surface area contributed by atoms with Crippen LogP contribution in [0.5, 0.6) is 0 Å². The maximum absolute atomic E-state index is 11.0. The monoisotopic (exact) mass is 985 g/mol. The van der Waals surface area contributed by atoms with Crippen LogP contribution in [0.1, 0.15) is 217 Å². The van der Waals surface area contributed by atoms with Crippen LogP contribution in [-0.4, -0.2) is 68.4 Å². The standard InChI is InChI=1S/C27H28BCl3O2.2C16H36N/c1-18-7-10-21(15-24(18)29)27(13-5-4-6-14-28(32)33,22-11-8-19(2)25(30)16-22)23-12-9-20(3)26(31)17-23;2*1-5-9-13-17(14-10-6-2,15-11-7-3)16-12-8-4/h7-12,15-17H,4-6,13-14H2,1-3H3;2*5-16H2,1-4H3/q-2;2*+1. The third-order valence-electron chi connectivity index (χ3n) is 14.4. The number of halogens is 3. The summed E-state index contributed by atoms with van der Waals surface area (Å²) >= 11 is 19.8. The fourth-order valence-electron chi connectivity index (χ4n) is 9.68. The summed E-state index contributed by atoms with van der Waals surface area (Å²) in [4.78, 5) is 0. The largest absolute Gasteiger partial charge is 0.893 e. The molecule has 0 amide bonds. The van der Waals surface area contributed by atoms with Gasteiger partial charge in [0.25, 0.3) is 0 Å². The minimum atomic E-state index is -1.77. The Hall–Kier alpha value is -1.57. The normalized spacial score (nSPS) is 11.8. The summed E-state index contributed by atoms with van der Waals surface area (Å²) in [5, 5.41) is 24.0. The highest BCUT2D eigenvalue weighted by atomic mass is 35.5. The van der Waals surface area contributed by atoms with Crippen LogP contribution < -0.4 is 10.0 Å². The molecule has 0 aliphatic rings. The predicted molar refractivity (Wildman–Crippen MR) is 296 cm³/mol. The molecule has 0 radical (unpaired) electrons. The molecule has 0 aromatic heterocycles. The van der Waals surface area contributed by atoms with Gasteiger partial charge in [0.2, 0.25) is 0 Å². The average molecular weight is 987 g/mol. The van der Waals surface area contributed by atoms with Crippen molar-refractivity contribution in [1.29, 1.82) is 0 Å². The second kappa shape index (κ2) is 36.4. The highest BCUT2D eigenvalue weighted by Crippen LogP contribution is 2.46. The average Bonchev–Trinajstić information content (AvgIpc) is 3.32. The van der Waals surface area contributed by atoms with Gasteiger partial charge in [-0.3, -0.25) is 0 Å². The molecule has 0 bridgehead atoms. The van der Waals surface area contributed by atoms with Crippen LogP contribution in [0.3, 0.4) is 0 Å². The molecule has 0 N–H and O–H groups in total. The molecule has 67 heavy (non-hydrogen) atoms. The van der Waals surface area contributed by atoms with Crippen LogP contribution in [-0.2, 0) is 5.41 Å². The van der Waals surface area contributed by atoms with Crippen LogP contribution in [0.15, 0.2) is 54.6 Å². The molecule has 4 nitrogen and oxygen atoms in total. The quantitative estimate of drug-likeness (QED) is 0.0264. The molecule has 0 aliphatic heterocycles. The van der Waals surface area contributed by atoms with Crippen molar-refractivity contribution >= 4 is 41.9 Å². The second-order valence-corrected chi connectivity index (χ2v) is 21.3. The van der Waals surface area contributed by atoms with Crippen molar-refractivity contribution in [3.8, 4) is 0 Å². The highest BCUT2D eigenvalue weighted by Gasteiger charge is 2.37. The maximum atomic E-state index is 11.0. The van der Waals surface area contributed by atoms with E-state index in [1.54, 1.807) is 0 Å². The summed E-state index contributed by atoms with van der Waals surface area (Å²) < 4.78 is 2.84. The molecule has 0 unspecified atom stereocenters. The number of unbranched alkanes of at least 4 members (excludes halogenated alkanes) is 10. The van der Waals surface area contributed by atoms with E-state index in [4.69, 9.17) is 34.8 Å². The third-order valence-corrected chi connectivity index (χ3v) is 15.6. The van der Waals surface area contributed by atoms with Gasteiger partial charge in [-0.15, -0.1) is 13.4 Å². The third kappa shape index (κ3) is 23.0. The van der Waals surface area contributed by atoms with Crippen molar-refractivity contribution in [2.24, 2.45) is 0 Å². The number of hydrogen-bond donors (Lipinski definition) is 0. The van der Waals surface area contributed by atoms with E-state index in [2.05, 4.69) is 73.6 Å². The minimum Gasteiger partial charge on any atom is -0.893 e. The van der Waals surface area contributed by atoms with E-state index >= 15 is 0 Å². The van der Waals surface area contributed by atoms with Gasteiger partial charge < -0.3 is 19.0 Å². The molecule has 0 aliphatic carbocycles. The summed E-state index contributed by atoms with van der Waals surface area (Å²) in [5.41, 5.74) is 5.66. The van der Waals surface area contributed by atoms with Crippen molar-refractivity contribution in [3.05, 3.63) is 103 Å². The number of benzene rings is 3. The van der Waals surface area contributed by atoms with Gasteiger partial charge in [-0.2, -0.15) is 0 Å². The van der Waals surface area contributed by atoms with Gasteiger partial charge in [0.05, 0.1) is 52.4 Å². The Morgan fingerprint density at radius 3 is 0.851 bits per heavy atom. The van der Waals surface area contributed by atoms with Crippen molar-refractivity contribution in [1.82, 2.24) is 0 Å². The smallest absolute Gasteiger partial charge is 0.0786 e. The van der Waals surface area contributed by atoms with E-state index in [9.17, 15) is 10.0 Å². The highest BCUT2D eigenvalue weighted by molar-refractivity contribution is 6.36. The lowest BCUT2D eigenvalue weighted by molar-refractivity contribution is -0.929. The second-order valence-electron chi connectivity index (χ2n) is 20.1. The van der Waals surface area contributed by atoms with Gasteiger partial charge in [0, 0.05) is 20.5 Å². The van der Waals surface area contributed by atoms with Gasteiger partial charge in [0.15, 0.2) is 0 Å². The molecule has 3 aromatic rings. The molecule has 0 heterocycles. The molecule has 0 spiro atoms. The molecule has 0 saturated carbocycles. The number of hydrogen-bond acceptors (Lipinski definition) is 2. The van der Waals surface area contributed by atoms with Gasteiger partial charge in [-0.25, -0.2) is 0 Å². The number of nitrogens with zero attached hydrogens (tertiary/aromatic N) is 2. The lowest BCUT2D eigenvalue weighted by Crippen LogP contribution is -2.50. The summed E-state index contributed by atoms with van der Waals surface area (Å²) in [6, 6.07) is 18.6. The summed E-state index contributed by atoms with van der Waals surface area (Å²) in [6.45, 7) is 36.0. The maximum Gasteiger partial charge on any atom is 0.0786 e. The lowest BCUT2D eigenvalue weighted by Gasteiger charge is -2.39. The fraction of sp³-hybridized carbons (Fsp3) is 0.695. The van der Waals surface area contributed by atoms with Gasteiger partial charge in [-0.1, -0.05) is 197 Å². The molecule has 0 atom stereocenters. The Bertz CT molecular complexity index is 1480. The van der Waals surface area contributed by atoms with Crippen molar-refractivity contribution in [3.63, 3.8) is 0 Å². The molecule has 382 valence electrons. The first-order chi connectivity index (χ1) is 32.1. The Morgan fingerprint density at radius 1 is 0.388 bits per heavy atom. The van der Waals surface area contributed by atoms with Gasteiger partial charge in [-0.05, 0) is 130 Å². The minimum absolute atomic E-state index is 0.149. The Morgan fingerprint density at radius 2 is 0.642 bits per heavy atom. The first-order valence-electron chi connectivity index (χ1n) is 27.5. The van der Waals surface area contributed by atoms with Crippen LogP contribution in [0.2, 0.25) is 21.4 Å². The summed E-state index contributed by atoms with van der Waals surface area (Å²) in [5.74, 6) is 0. The molecule has 8 heteroatoms. The predicted octanol–water partition coefficient (Wildman–Crippen LogP) is 16.7. The summed E-state index contributed by atoms with van der Waals surface area (Å²) in [7, 11) is -1.77. The Labute approximate surface area is 430 Å². The zero-order valence-corrected chi connectivity index (χ0v) is 47.4.